The van der Waals surface area contributed by atoms with E-state index in [4.69, 9.17) is 11.6 Å². The number of carbonyl (C=O) groups is 3. The molecule has 196 valence electrons. The van der Waals surface area contributed by atoms with E-state index in [1.807, 2.05) is 19.1 Å². The van der Waals surface area contributed by atoms with Crippen molar-refractivity contribution in [2.75, 3.05) is 10.6 Å². The second-order valence-corrected chi connectivity index (χ2v) is 10.2. The minimum atomic E-state index is -0.510. The Morgan fingerprint density at radius 1 is 0.821 bits per heavy atom. The van der Waals surface area contributed by atoms with E-state index in [-0.39, 0.29) is 16.9 Å². The molecule has 3 amide bonds. The van der Waals surface area contributed by atoms with Crippen molar-refractivity contribution in [1.82, 2.24) is 10.3 Å². The number of hydrogen-bond acceptors (Lipinski definition) is 5. The topological polar surface area (TPSA) is 100 Å². The van der Waals surface area contributed by atoms with Crippen LogP contribution in [0, 0.1) is 0 Å². The van der Waals surface area contributed by atoms with Crippen LogP contribution in [0.1, 0.15) is 22.8 Å². The number of amides is 3. The van der Waals surface area contributed by atoms with E-state index in [1.54, 1.807) is 91.3 Å². The highest BCUT2D eigenvalue weighted by Gasteiger charge is 2.17. The second-order valence-electron chi connectivity index (χ2n) is 8.36. The maximum atomic E-state index is 13.2. The Balaban J connectivity index is 1.44. The van der Waals surface area contributed by atoms with Gasteiger partial charge in [-0.2, -0.15) is 0 Å². The van der Waals surface area contributed by atoms with Gasteiger partial charge in [0.25, 0.3) is 11.8 Å². The van der Waals surface area contributed by atoms with Crippen molar-refractivity contribution in [3.05, 3.63) is 125 Å². The van der Waals surface area contributed by atoms with Gasteiger partial charge < -0.3 is 16.0 Å². The summed E-state index contributed by atoms with van der Waals surface area (Å²) in [4.78, 5) is 43.3. The predicted octanol–water partition coefficient (Wildman–Crippen LogP) is 6.26. The molecule has 1 atom stereocenters. The number of halogens is 1. The standard InChI is InChI=1S/C30H25ClN4O3S/c1-20(28(36)33-24-15-17-32-18-16-24)39-25-13-11-23(12-14-25)34-30(38)27(19-22-9-5-6-10-26(22)31)35-29(37)21-7-3-2-4-8-21/h2-20H,1H3,(H,34,38)(H,35,37)(H,32,33,36)/b27-19-. The van der Waals surface area contributed by atoms with Crippen LogP contribution >= 0.6 is 23.4 Å². The Labute approximate surface area is 235 Å². The Bertz CT molecular complexity index is 1480. The third kappa shape index (κ3) is 8.04. The number of carbonyl (C=O) groups excluding carboxylic acids is 3. The molecule has 3 N–H and O–H groups in total. The number of aromatic nitrogens is 1. The Kier molecular flexibility index (Phi) is 9.50. The molecule has 3 aromatic carbocycles. The Morgan fingerprint density at radius 2 is 1.46 bits per heavy atom. The Morgan fingerprint density at radius 3 is 2.15 bits per heavy atom. The van der Waals surface area contributed by atoms with Crippen LogP contribution in [-0.2, 0) is 9.59 Å². The number of benzene rings is 3. The van der Waals surface area contributed by atoms with Gasteiger partial charge in [-0.1, -0.05) is 48.0 Å². The first-order valence-electron chi connectivity index (χ1n) is 12.0. The highest BCUT2D eigenvalue weighted by Crippen LogP contribution is 2.26. The van der Waals surface area contributed by atoms with E-state index in [1.165, 1.54) is 17.8 Å². The molecule has 1 unspecified atom stereocenters. The van der Waals surface area contributed by atoms with Gasteiger partial charge in [-0.25, -0.2) is 0 Å². The summed E-state index contributed by atoms with van der Waals surface area (Å²) < 4.78 is 0. The van der Waals surface area contributed by atoms with Crippen molar-refractivity contribution in [2.24, 2.45) is 0 Å². The number of rotatable bonds is 9. The molecule has 0 radical (unpaired) electrons. The van der Waals surface area contributed by atoms with E-state index in [0.29, 0.717) is 27.5 Å². The smallest absolute Gasteiger partial charge is 0.272 e. The third-order valence-electron chi connectivity index (χ3n) is 5.48. The molecule has 0 aliphatic heterocycles. The van der Waals surface area contributed by atoms with Gasteiger partial charge >= 0.3 is 0 Å². The molecule has 9 heteroatoms. The lowest BCUT2D eigenvalue weighted by atomic mass is 10.1. The first-order chi connectivity index (χ1) is 18.9. The highest BCUT2D eigenvalue weighted by atomic mass is 35.5. The quantitative estimate of drug-likeness (QED) is 0.167. The average Bonchev–Trinajstić information content (AvgIpc) is 2.95. The fourth-order valence-electron chi connectivity index (χ4n) is 3.44. The molecule has 4 aromatic rings. The lowest BCUT2D eigenvalue weighted by molar-refractivity contribution is -0.115. The van der Waals surface area contributed by atoms with E-state index >= 15 is 0 Å². The van der Waals surface area contributed by atoms with E-state index in [0.717, 1.165) is 4.90 Å². The molecule has 0 saturated carbocycles. The highest BCUT2D eigenvalue weighted by molar-refractivity contribution is 8.00. The molecule has 7 nitrogen and oxygen atoms in total. The SMILES string of the molecule is CC(Sc1ccc(NC(=O)/C(=C/c2ccccc2Cl)NC(=O)c2ccccc2)cc1)C(=O)Nc1ccncc1. The third-order valence-corrected chi connectivity index (χ3v) is 6.93. The number of hydrogen-bond donors (Lipinski definition) is 3. The zero-order valence-corrected chi connectivity index (χ0v) is 22.5. The normalized spacial score (nSPS) is 11.8. The molecular weight excluding hydrogens is 532 g/mol. The maximum absolute atomic E-state index is 13.2. The summed E-state index contributed by atoms with van der Waals surface area (Å²) in [5, 5.41) is 8.46. The lowest BCUT2D eigenvalue weighted by Crippen LogP contribution is -2.30. The van der Waals surface area contributed by atoms with Crippen LogP contribution < -0.4 is 16.0 Å². The van der Waals surface area contributed by atoms with Crippen molar-refractivity contribution in [3.8, 4) is 0 Å². The van der Waals surface area contributed by atoms with Gasteiger partial charge in [0.15, 0.2) is 0 Å². The molecule has 1 aromatic heterocycles. The molecule has 0 aliphatic rings. The van der Waals surface area contributed by atoms with Crippen LogP contribution in [0.3, 0.4) is 0 Å². The first-order valence-corrected chi connectivity index (χ1v) is 13.3. The van der Waals surface area contributed by atoms with Gasteiger partial charge in [-0.3, -0.25) is 19.4 Å². The predicted molar refractivity (Wildman–Crippen MR) is 157 cm³/mol. The number of nitrogens with one attached hydrogen (secondary N) is 3. The van der Waals surface area contributed by atoms with Crippen LogP contribution in [0.5, 0.6) is 0 Å². The summed E-state index contributed by atoms with van der Waals surface area (Å²) in [6.45, 7) is 1.82. The summed E-state index contributed by atoms with van der Waals surface area (Å²) >= 11 is 7.68. The minimum Gasteiger partial charge on any atom is -0.325 e. The summed E-state index contributed by atoms with van der Waals surface area (Å²) in [5.41, 5.74) is 2.25. The zero-order chi connectivity index (χ0) is 27.6. The number of pyridine rings is 1. The molecule has 0 spiro atoms. The van der Waals surface area contributed by atoms with Gasteiger partial charge in [0.05, 0.1) is 5.25 Å². The van der Waals surface area contributed by atoms with Crippen LogP contribution in [0.15, 0.2) is 114 Å². The lowest BCUT2D eigenvalue weighted by Gasteiger charge is -2.13. The van der Waals surface area contributed by atoms with Crippen molar-refractivity contribution in [3.63, 3.8) is 0 Å². The first kappa shape index (κ1) is 27.6. The summed E-state index contributed by atoms with van der Waals surface area (Å²) in [5.74, 6) is -1.06. The average molecular weight is 557 g/mol. The zero-order valence-electron chi connectivity index (χ0n) is 20.9. The van der Waals surface area contributed by atoms with Gasteiger partial charge in [0, 0.05) is 39.3 Å². The van der Waals surface area contributed by atoms with Gasteiger partial charge in [0.1, 0.15) is 5.70 Å². The van der Waals surface area contributed by atoms with Crippen LogP contribution in [0.2, 0.25) is 5.02 Å². The monoisotopic (exact) mass is 556 g/mol. The molecule has 0 fully saturated rings. The summed E-state index contributed by atoms with van der Waals surface area (Å²) in [6.07, 6.45) is 4.76. The molecule has 4 rings (SSSR count). The molecule has 0 saturated heterocycles. The number of anilines is 2. The minimum absolute atomic E-state index is 0.0387. The van der Waals surface area contributed by atoms with Crippen LogP contribution in [-0.4, -0.2) is 28.0 Å². The molecule has 1 heterocycles. The molecule has 0 aliphatic carbocycles. The second kappa shape index (κ2) is 13.4. The largest absolute Gasteiger partial charge is 0.325 e. The van der Waals surface area contributed by atoms with Crippen molar-refractivity contribution in [2.45, 2.75) is 17.1 Å². The van der Waals surface area contributed by atoms with Crippen LogP contribution in [0.4, 0.5) is 11.4 Å². The van der Waals surface area contributed by atoms with E-state index in [2.05, 4.69) is 20.9 Å². The van der Waals surface area contributed by atoms with Crippen LogP contribution in [0.25, 0.3) is 6.08 Å². The molecule has 39 heavy (non-hydrogen) atoms. The summed E-state index contributed by atoms with van der Waals surface area (Å²) in [6, 6.07) is 26.2. The number of nitrogens with zero attached hydrogens (tertiary/aromatic N) is 1. The fourth-order valence-corrected chi connectivity index (χ4v) is 4.50. The van der Waals surface area contributed by atoms with Gasteiger partial charge in [-0.05, 0) is 73.2 Å². The van der Waals surface area contributed by atoms with Crippen molar-refractivity contribution in [1.29, 1.82) is 0 Å². The molecule has 0 bridgehead atoms. The van der Waals surface area contributed by atoms with Crippen molar-refractivity contribution < 1.29 is 14.4 Å². The number of thioether (sulfide) groups is 1. The van der Waals surface area contributed by atoms with E-state index in [9.17, 15) is 14.4 Å². The fraction of sp³-hybridized carbons (Fsp3) is 0.0667. The van der Waals surface area contributed by atoms with Crippen molar-refractivity contribution >= 4 is 58.5 Å². The van der Waals surface area contributed by atoms with E-state index < -0.39 is 11.8 Å². The summed E-state index contributed by atoms with van der Waals surface area (Å²) in [7, 11) is 0. The Hall–Kier alpha value is -4.40. The van der Waals surface area contributed by atoms with Gasteiger partial charge in [-0.15, -0.1) is 11.8 Å². The maximum Gasteiger partial charge on any atom is 0.272 e. The van der Waals surface area contributed by atoms with Gasteiger partial charge in [0.2, 0.25) is 5.91 Å². The molecular formula is C30H25ClN4O3S.